The monoisotopic (exact) mass is 306 g/mol. The highest BCUT2D eigenvalue weighted by molar-refractivity contribution is 5.80. The van der Waals surface area contributed by atoms with Crippen molar-refractivity contribution in [1.29, 1.82) is 0 Å². The Morgan fingerprint density at radius 2 is 1.81 bits per heavy atom. The van der Waals surface area contributed by atoms with Crippen molar-refractivity contribution >= 4 is 5.97 Å². The average molecular weight is 306 g/mol. The smallest absolute Gasteiger partial charge is 0.329 e. The first-order valence-corrected chi connectivity index (χ1v) is 6.11. The molecule has 0 radical (unpaired) electrons. The molecule has 1 saturated heterocycles. The van der Waals surface area contributed by atoms with Crippen molar-refractivity contribution < 1.29 is 39.8 Å². The van der Waals surface area contributed by atoms with Gasteiger partial charge in [0.1, 0.15) is 30.2 Å². The van der Waals surface area contributed by atoms with E-state index in [0.717, 1.165) is 6.08 Å². The third-order valence-electron chi connectivity index (χ3n) is 2.75. The van der Waals surface area contributed by atoms with E-state index in [-0.39, 0.29) is 5.76 Å². The molecule has 0 aromatic heterocycles. The van der Waals surface area contributed by atoms with Crippen LogP contribution in [0.15, 0.2) is 24.0 Å². The van der Waals surface area contributed by atoms with Crippen LogP contribution in [0.3, 0.4) is 0 Å². The van der Waals surface area contributed by atoms with Gasteiger partial charge in [0.2, 0.25) is 0 Å². The summed E-state index contributed by atoms with van der Waals surface area (Å²) in [5.74, 6) is -0.727. The van der Waals surface area contributed by atoms with Crippen molar-refractivity contribution in [2.45, 2.75) is 44.6 Å². The summed E-state index contributed by atoms with van der Waals surface area (Å²) >= 11 is 0. The highest BCUT2D eigenvalue weighted by atomic mass is 16.6. The predicted molar refractivity (Wildman–Crippen MR) is 72.1 cm³/mol. The first-order chi connectivity index (χ1) is 9.67. The zero-order chi connectivity index (χ0) is 16.7. The van der Waals surface area contributed by atoms with Crippen molar-refractivity contribution in [3.8, 4) is 0 Å². The Hall–Kier alpha value is -1.45. The van der Waals surface area contributed by atoms with Gasteiger partial charge in [-0.25, -0.2) is 4.79 Å². The molecule has 5 N–H and O–H groups in total. The van der Waals surface area contributed by atoms with Gasteiger partial charge in [-0.15, -0.1) is 0 Å². The van der Waals surface area contributed by atoms with Crippen LogP contribution in [-0.2, 0) is 14.3 Å². The Kier molecular flexibility index (Phi) is 8.15. The highest BCUT2D eigenvalue weighted by Crippen LogP contribution is 2.25. The lowest BCUT2D eigenvalue weighted by molar-refractivity contribution is -0.144. The van der Waals surface area contributed by atoms with Gasteiger partial charge >= 0.3 is 5.97 Å². The zero-order valence-electron chi connectivity index (χ0n) is 12.1. The summed E-state index contributed by atoms with van der Waals surface area (Å²) in [5, 5.41) is 46.6. The standard InChI is InChI=1S/C9H16O6.C4H6O2/c1-3(2)4(10)5(11)8-6(12)7(13)9(14)15-8;1-3-4(5)6-2/h5-14H,1-2H3;3H,1H2,2H3/t5?,6-,7-,8-,9?;/m1./s1. The number of aliphatic hydroxyl groups excluding tert-OH is 5. The SMILES string of the molecule is C=CC(=O)OC.CC(C)=C(O)C(O)[C@H]1OC(O)[C@H](O)[C@H]1O. The lowest BCUT2D eigenvalue weighted by atomic mass is 10.0. The van der Waals surface area contributed by atoms with E-state index in [1.54, 1.807) is 13.8 Å². The van der Waals surface area contributed by atoms with Gasteiger partial charge in [-0.2, -0.15) is 0 Å². The fraction of sp³-hybridized carbons (Fsp3) is 0.615. The fourth-order valence-electron chi connectivity index (χ4n) is 1.48. The van der Waals surface area contributed by atoms with E-state index < -0.39 is 36.7 Å². The molecule has 0 aromatic carbocycles. The number of carbonyl (C=O) groups is 1. The maximum atomic E-state index is 9.84. The van der Waals surface area contributed by atoms with Crippen LogP contribution < -0.4 is 0 Å². The van der Waals surface area contributed by atoms with Crippen LogP contribution in [0.25, 0.3) is 0 Å². The first kappa shape index (κ1) is 19.6. The Morgan fingerprint density at radius 3 is 2.05 bits per heavy atom. The van der Waals surface area contributed by atoms with Crippen LogP contribution >= 0.6 is 0 Å². The van der Waals surface area contributed by atoms with E-state index in [1.807, 2.05) is 0 Å². The first-order valence-electron chi connectivity index (χ1n) is 6.11. The number of carbonyl (C=O) groups excluding carboxylic acids is 1. The Balaban J connectivity index is 0.000000567. The molecule has 0 aliphatic carbocycles. The molecule has 1 heterocycles. The summed E-state index contributed by atoms with van der Waals surface area (Å²) in [6.45, 7) is 6.31. The summed E-state index contributed by atoms with van der Waals surface area (Å²) in [6.07, 6.45) is -6.04. The Labute approximate surface area is 122 Å². The van der Waals surface area contributed by atoms with Crippen molar-refractivity contribution in [1.82, 2.24) is 0 Å². The van der Waals surface area contributed by atoms with Gasteiger partial charge in [0.05, 0.1) is 7.11 Å². The van der Waals surface area contributed by atoms with Crippen LogP contribution in [0.4, 0.5) is 0 Å². The van der Waals surface area contributed by atoms with Crippen LogP contribution in [0.2, 0.25) is 0 Å². The number of hydrogen-bond acceptors (Lipinski definition) is 8. The minimum atomic E-state index is -1.55. The second-order valence-corrected chi connectivity index (χ2v) is 4.53. The molecule has 0 amide bonds. The number of rotatable bonds is 3. The summed E-state index contributed by atoms with van der Waals surface area (Å²) in [6, 6.07) is 0. The molecular weight excluding hydrogens is 284 g/mol. The zero-order valence-corrected chi connectivity index (χ0v) is 12.1. The van der Waals surface area contributed by atoms with E-state index in [0.29, 0.717) is 5.57 Å². The number of aliphatic hydroxyl groups is 5. The van der Waals surface area contributed by atoms with E-state index in [2.05, 4.69) is 11.3 Å². The number of ether oxygens (including phenoxy) is 2. The minimum absolute atomic E-state index is 0.333. The van der Waals surface area contributed by atoms with Crippen molar-refractivity contribution in [3.05, 3.63) is 24.0 Å². The minimum Gasteiger partial charge on any atom is -0.510 e. The van der Waals surface area contributed by atoms with E-state index in [4.69, 9.17) is 9.84 Å². The van der Waals surface area contributed by atoms with Crippen LogP contribution in [0.1, 0.15) is 13.8 Å². The molecule has 0 saturated carbocycles. The van der Waals surface area contributed by atoms with Crippen molar-refractivity contribution in [2.24, 2.45) is 0 Å². The molecule has 1 aliphatic heterocycles. The molecule has 8 nitrogen and oxygen atoms in total. The molecule has 1 fully saturated rings. The van der Waals surface area contributed by atoms with Crippen molar-refractivity contribution in [3.63, 3.8) is 0 Å². The van der Waals surface area contributed by atoms with Gasteiger partial charge in [-0.1, -0.05) is 6.58 Å². The normalized spacial score (nSPS) is 28.9. The van der Waals surface area contributed by atoms with Crippen LogP contribution in [0, 0.1) is 0 Å². The summed E-state index contributed by atoms with van der Waals surface area (Å²) in [5.41, 5.74) is 0.467. The van der Waals surface area contributed by atoms with Gasteiger partial charge in [-0.05, 0) is 19.4 Å². The number of allylic oxidation sites excluding steroid dienone is 1. The largest absolute Gasteiger partial charge is 0.510 e. The summed E-state index contributed by atoms with van der Waals surface area (Å²) in [4.78, 5) is 9.84. The topological polar surface area (TPSA) is 137 Å². The number of hydrogen-bond donors (Lipinski definition) is 5. The van der Waals surface area contributed by atoms with Crippen LogP contribution in [0.5, 0.6) is 0 Å². The Morgan fingerprint density at radius 1 is 1.29 bits per heavy atom. The maximum absolute atomic E-state index is 9.84. The molecule has 8 heteroatoms. The third kappa shape index (κ3) is 5.44. The van der Waals surface area contributed by atoms with Gasteiger partial charge in [-0.3, -0.25) is 0 Å². The third-order valence-corrected chi connectivity index (χ3v) is 2.75. The van der Waals surface area contributed by atoms with Gasteiger partial charge in [0.15, 0.2) is 6.29 Å². The molecule has 0 bridgehead atoms. The number of methoxy groups -OCH3 is 1. The molecule has 1 rings (SSSR count). The molecule has 0 spiro atoms. The molecule has 0 aromatic rings. The lowest BCUT2D eigenvalue weighted by Crippen LogP contribution is -2.40. The highest BCUT2D eigenvalue weighted by Gasteiger charge is 2.46. The second kappa shape index (κ2) is 8.75. The second-order valence-electron chi connectivity index (χ2n) is 4.53. The van der Waals surface area contributed by atoms with Gasteiger partial charge < -0.3 is 35.0 Å². The van der Waals surface area contributed by atoms with Crippen molar-refractivity contribution in [2.75, 3.05) is 7.11 Å². The average Bonchev–Trinajstić information content (AvgIpc) is 2.72. The van der Waals surface area contributed by atoms with Gasteiger partial charge in [0.25, 0.3) is 0 Å². The fourth-order valence-corrected chi connectivity index (χ4v) is 1.48. The van der Waals surface area contributed by atoms with Gasteiger partial charge in [0, 0.05) is 6.08 Å². The summed E-state index contributed by atoms with van der Waals surface area (Å²) in [7, 11) is 1.31. The Bertz CT molecular complexity index is 388. The van der Waals surface area contributed by atoms with E-state index in [1.165, 1.54) is 7.11 Å². The molecule has 5 atom stereocenters. The molecular formula is C13H22O8. The molecule has 1 aliphatic rings. The molecule has 122 valence electrons. The quantitative estimate of drug-likeness (QED) is 0.254. The maximum Gasteiger partial charge on any atom is 0.329 e. The molecule has 21 heavy (non-hydrogen) atoms. The van der Waals surface area contributed by atoms with E-state index >= 15 is 0 Å². The predicted octanol–water partition coefficient (Wildman–Crippen LogP) is -1.02. The number of esters is 1. The summed E-state index contributed by atoms with van der Waals surface area (Å²) < 4.78 is 8.87. The lowest BCUT2D eigenvalue weighted by Gasteiger charge is -2.20. The van der Waals surface area contributed by atoms with E-state index in [9.17, 15) is 25.2 Å². The van der Waals surface area contributed by atoms with Crippen LogP contribution in [-0.4, -0.2) is 69.3 Å². The molecule has 2 unspecified atom stereocenters.